The highest BCUT2D eigenvalue weighted by molar-refractivity contribution is 5.81. The van der Waals surface area contributed by atoms with Gasteiger partial charge in [0.1, 0.15) is 11.6 Å². The van der Waals surface area contributed by atoms with Gasteiger partial charge in [0.25, 0.3) is 0 Å². The number of aliphatic carboxylic acids is 1. The molecule has 17 heavy (non-hydrogen) atoms. The third-order valence-electron chi connectivity index (χ3n) is 2.41. The summed E-state index contributed by atoms with van der Waals surface area (Å²) in [5, 5.41) is 9.07. The van der Waals surface area contributed by atoms with Gasteiger partial charge in [-0.25, -0.2) is 9.59 Å². The van der Waals surface area contributed by atoms with Gasteiger partial charge in [-0.15, -0.1) is 0 Å². The molecule has 1 amide bonds. The minimum atomic E-state index is -1.09. The lowest BCUT2D eigenvalue weighted by Crippen LogP contribution is -2.43. The summed E-state index contributed by atoms with van der Waals surface area (Å²) in [6, 6.07) is -0.948. The van der Waals surface area contributed by atoms with Crippen LogP contribution in [0.5, 0.6) is 0 Å². The second-order valence-corrected chi connectivity index (χ2v) is 5.01. The van der Waals surface area contributed by atoms with Gasteiger partial charge in [0.05, 0.1) is 14.0 Å². The van der Waals surface area contributed by atoms with Gasteiger partial charge in [-0.05, 0) is 20.8 Å². The van der Waals surface area contributed by atoms with Crippen LogP contribution in [0.4, 0.5) is 4.79 Å². The van der Waals surface area contributed by atoms with E-state index in [0.717, 1.165) is 4.90 Å². The summed E-state index contributed by atoms with van der Waals surface area (Å²) in [5.74, 6) is -1.09. The summed E-state index contributed by atoms with van der Waals surface area (Å²) in [6.07, 6.45) is -0.893. The van der Waals surface area contributed by atoms with Crippen molar-refractivity contribution in [3.63, 3.8) is 0 Å². The highest BCUT2D eigenvalue weighted by Crippen LogP contribution is 2.22. The first-order valence-electron chi connectivity index (χ1n) is 6.08. The molecule has 1 heterocycles. The van der Waals surface area contributed by atoms with Crippen LogP contribution in [0, 0.1) is 0 Å². The predicted octanol–water partition coefficient (Wildman–Crippen LogP) is 1.10. The fourth-order valence-corrected chi connectivity index (χ4v) is 1.67. The summed E-state index contributed by atoms with van der Waals surface area (Å²) in [5.41, 5.74) is -0.672. The van der Waals surface area contributed by atoms with Gasteiger partial charge in [-0.2, -0.15) is 0 Å². The number of likely N-dealkylation sites (tertiary alicyclic amines) is 1. The van der Waals surface area contributed by atoms with E-state index in [1.807, 2.05) is 0 Å². The highest BCUT2D eigenvalue weighted by Gasteiger charge is 2.41. The normalized spacial score (nSPS) is 25.6. The standard InChI is InChI=1S/C11H19NO5/c1-11(2,3)17-10(15)12-6-7(16-4)5-8(12)9(13)14/h7-8H,5-6H2,1-4H3,(H,13,14)/t7-,8-/m0/s1/i4D. The van der Waals surface area contributed by atoms with Crippen molar-refractivity contribution < 1.29 is 25.5 Å². The molecule has 6 heteroatoms. The van der Waals surface area contributed by atoms with Crippen LogP contribution in [0.25, 0.3) is 0 Å². The van der Waals surface area contributed by atoms with E-state index in [1.165, 1.54) is 0 Å². The molecule has 2 atom stereocenters. The summed E-state index contributed by atoms with van der Waals surface area (Å²) < 4.78 is 17.2. The van der Waals surface area contributed by atoms with Crippen LogP contribution in [-0.2, 0) is 14.3 Å². The summed E-state index contributed by atoms with van der Waals surface area (Å²) in [7, 11) is -0.251. The Balaban J connectivity index is 2.72. The SMILES string of the molecule is [2H]CO[C@H]1C[C@@H](C(=O)O)N(C(=O)OC(C)(C)C)C1. The lowest BCUT2D eigenvalue weighted by Gasteiger charge is -2.26. The van der Waals surface area contributed by atoms with E-state index >= 15 is 0 Å². The molecule has 0 aromatic heterocycles. The summed E-state index contributed by atoms with van der Waals surface area (Å²) in [4.78, 5) is 24.1. The van der Waals surface area contributed by atoms with Crippen LogP contribution in [-0.4, -0.2) is 53.4 Å². The Kier molecular flexibility index (Phi) is 3.51. The zero-order valence-corrected chi connectivity index (χ0v) is 10.3. The Morgan fingerprint density at radius 2 is 2.12 bits per heavy atom. The molecule has 0 radical (unpaired) electrons. The van der Waals surface area contributed by atoms with Crippen LogP contribution < -0.4 is 0 Å². The molecule has 1 aliphatic heterocycles. The van der Waals surface area contributed by atoms with E-state index in [1.54, 1.807) is 20.8 Å². The molecular formula is C11H19NO5. The summed E-state index contributed by atoms with van der Waals surface area (Å²) >= 11 is 0. The number of carbonyl (C=O) groups is 2. The zero-order valence-electron chi connectivity index (χ0n) is 11.3. The first-order valence-corrected chi connectivity index (χ1v) is 5.38. The molecule has 6 nitrogen and oxygen atoms in total. The van der Waals surface area contributed by atoms with Gasteiger partial charge in [0.15, 0.2) is 0 Å². The van der Waals surface area contributed by atoms with Crippen molar-refractivity contribution in [3.8, 4) is 0 Å². The minimum Gasteiger partial charge on any atom is -0.480 e. The Labute approximate surface area is 102 Å². The van der Waals surface area contributed by atoms with Crippen LogP contribution >= 0.6 is 0 Å². The average molecular weight is 246 g/mol. The first kappa shape index (κ1) is 12.2. The smallest absolute Gasteiger partial charge is 0.411 e. The second-order valence-electron chi connectivity index (χ2n) is 5.01. The number of rotatable bonds is 2. The van der Waals surface area contributed by atoms with Crippen LogP contribution in [0.3, 0.4) is 0 Å². The number of carbonyl (C=O) groups excluding carboxylic acids is 1. The molecule has 1 N–H and O–H groups in total. The van der Waals surface area contributed by atoms with E-state index in [2.05, 4.69) is 0 Å². The van der Waals surface area contributed by atoms with E-state index in [0.29, 0.717) is 0 Å². The van der Waals surface area contributed by atoms with E-state index in [-0.39, 0.29) is 20.1 Å². The number of methoxy groups -OCH3 is 1. The Hall–Kier alpha value is -1.30. The molecule has 0 saturated carbocycles. The zero-order chi connectivity index (χ0) is 13.9. The fourth-order valence-electron chi connectivity index (χ4n) is 1.67. The molecule has 1 saturated heterocycles. The van der Waals surface area contributed by atoms with Crippen LogP contribution in [0.2, 0.25) is 0 Å². The van der Waals surface area contributed by atoms with Crippen molar-refractivity contribution in [2.45, 2.75) is 44.9 Å². The largest absolute Gasteiger partial charge is 0.480 e. The molecule has 98 valence electrons. The number of hydrogen-bond donors (Lipinski definition) is 1. The maximum atomic E-state index is 11.9. The van der Waals surface area contributed by atoms with Gasteiger partial charge in [-0.1, -0.05) is 0 Å². The fraction of sp³-hybridized carbons (Fsp3) is 0.818. The number of carboxylic acid groups (broad SMARTS) is 1. The Morgan fingerprint density at radius 3 is 2.59 bits per heavy atom. The third kappa shape index (κ3) is 3.59. The molecule has 0 aliphatic carbocycles. The number of nitrogens with zero attached hydrogens (tertiary/aromatic N) is 1. The maximum Gasteiger partial charge on any atom is 0.411 e. The van der Waals surface area contributed by atoms with E-state index in [4.69, 9.17) is 16.0 Å². The van der Waals surface area contributed by atoms with Gasteiger partial charge in [0, 0.05) is 13.5 Å². The monoisotopic (exact) mass is 246 g/mol. The Morgan fingerprint density at radius 1 is 1.47 bits per heavy atom. The first-order chi connectivity index (χ1) is 8.24. The molecule has 0 aromatic carbocycles. The van der Waals surface area contributed by atoms with Gasteiger partial charge in [0.2, 0.25) is 0 Å². The molecule has 0 spiro atoms. The van der Waals surface area contributed by atoms with Crippen molar-refractivity contribution in [1.82, 2.24) is 4.90 Å². The van der Waals surface area contributed by atoms with Crippen molar-refractivity contribution in [2.24, 2.45) is 0 Å². The number of hydrogen-bond acceptors (Lipinski definition) is 4. The molecule has 0 aromatic rings. The second kappa shape index (κ2) is 4.91. The Bertz CT molecular complexity index is 328. The molecule has 0 bridgehead atoms. The highest BCUT2D eigenvalue weighted by atomic mass is 16.6. The van der Waals surface area contributed by atoms with E-state index in [9.17, 15) is 9.59 Å². The average Bonchev–Trinajstić information content (AvgIpc) is 2.59. The number of amides is 1. The lowest BCUT2D eigenvalue weighted by atomic mass is 10.2. The van der Waals surface area contributed by atoms with Crippen LogP contribution in [0.1, 0.15) is 28.6 Å². The molecule has 1 rings (SSSR count). The third-order valence-corrected chi connectivity index (χ3v) is 2.41. The predicted molar refractivity (Wildman–Crippen MR) is 59.8 cm³/mol. The summed E-state index contributed by atoms with van der Waals surface area (Å²) in [6.45, 7) is 5.29. The van der Waals surface area contributed by atoms with Crippen molar-refractivity contribution in [1.29, 1.82) is 0 Å². The molecule has 1 fully saturated rings. The van der Waals surface area contributed by atoms with Crippen molar-refractivity contribution >= 4 is 12.1 Å². The van der Waals surface area contributed by atoms with Gasteiger partial charge in [-0.3, -0.25) is 4.90 Å². The maximum absolute atomic E-state index is 11.9. The molecule has 0 unspecified atom stereocenters. The number of carboxylic acids is 1. The van der Waals surface area contributed by atoms with Gasteiger partial charge >= 0.3 is 12.1 Å². The van der Waals surface area contributed by atoms with Crippen molar-refractivity contribution in [3.05, 3.63) is 0 Å². The van der Waals surface area contributed by atoms with Gasteiger partial charge < -0.3 is 14.6 Å². The van der Waals surface area contributed by atoms with Crippen molar-refractivity contribution in [2.75, 3.05) is 13.6 Å². The van der Waals surface area contributed by atoms with Crippen LogP contribution in [0.15, 0.2) is 0 Å². The quantitative estimate of drug-likeness (QED) is 0.789. The minimum absolute atomic E-state index is 0.144. The topological polar surface area (TPSA) is 76.1 Å². The number of ether oxygens (including phenoxy) is 2. The molecule has 1 aliphatic rings. The lowest BCUT2D eigenvalue weighted by molar-refractivity contribution is -0.142. The van der Waals surface area contributed by atoms with E-state index < -0.39 is 29.8 Å². The molecular weight excluding hydrogens is 226 g/mol.